The number of benzene rings is 2. The maximum atomic E-state index is 13.7. The monoisotopic (exact) mass is 549 g/mol. The van der Waals surface area contributed by atoms with Gasteiger partial charge in [0.2, 0.25) is 5.91 Å². The molecule has 0 radical (unpaired) electrons. The van der Waals surface area contributed by atoms with Gasteiger partial charge in [0.05, 0.1) is 11.9 Å². The summed E-state index contributed by atoms with van der Waals surface area (Å²) in [6.07, 6.45) is -1.35. The first kappa shape index (κ1) is 28.4. The van der Waals surface area contributed by atoms with Crippen molar-refractivity contribution in [2.75, 3.05) is 5.88 Å². The highest BCUT2D eigenvalue weighted by molar-refractivity contribution is 8.00. The lowest BCUT2D eigenvalue weighted by molar-refractivity contribution is -0.147. The number of H-pyrrole nitrogens is 1. The molecule has 2 heterocycles. The summed E-state index contributed by atoms with van der Waals surface area (Å²) >= 11 is 1.48. The molecule has 39 heavy (non-hydrogen) atoms. The fourth-order valence-corrected chi connectivity index (χ4v) is 5.87. The summed E-state index contributed by atoms with van der Waals surface area (Å²) in [5, 5.41) is 23.8. The molecule has 3 amide bonds. The summed E-state index contributed by atoms with van der Waals surface area (Å²) in [5.41, 5.74) is 3.78. The lowest BCUT2D eigenvalue weighted by Gasteiger charge is -2.33. The van der Waals surface area contributed by atoms with E-state index in [4.69, 9.17) is 0 Å². The molecule has 3 atom stereocenters. The van der Waals surface area contributed by atoms with Crippen molar-refractivity contribution in [2.24, 2.45) is 0 Å². The first-order chi connectivity index (χ1) is 18.6. The van der Waals surface area contributed by atoms with Gasteiger partial charge in [0.1, 0.15) is 11.7 Å². The highest BCUT2D eigenvalue weighted by atomic mass is 32.2. The van der Waals surface area contributed by atoms with Crippen molar-refractivity contribution in [2.45, 2.75) is 63.6 Å². The Kier molecular flexibility index (Phi) is 8.76. The number of aryl methyl sites for hydroxylation is 2. The molecule has 1 aliphatic rings. The van der Waals surface area contributed by atoms with E-state index in [9.17, 15) is 19.5 Å². The van der Waals surface area contributed by atoms with Crippen LogP contribution in [0.4, 0.5) is 0 Å². The predicted molar refractivity (Wildman–Crippen MR) is 151 cm³/mol. The van der Waals surface area contributed by atoms with Gasteiger partial charge in [0.25, 0.3) is 11.8 Å². The zero-order valence-electron chi connectivity index (χ0n) is 22.6. The van der Waals surface area contributed by atoms with Crippen LogP contribution in [0.25, 0.3) is 0 Å². The third-order valence-electron chi connectivity index (χ3n) is 6.98. The molecule has 3 unspecified atom stereocenters. The minimum absolute atomic E-state index is 0.163. The zero-order valence-corrected chi connectivity index (χ0v) is 23.4. The first-order valence-electron chi connectivity index (χ1n) is 12.9. The fraction of sp³-hybridized carbons (Fsp3) is 0.379. The Hall–Kier alpha value is -3.63. The number of nitrogens with zero attached hydrogens (tertiary/aromatic N) is 2. The number of aromatic nitrogens is 2. The Bertz CT molecular complexity index is 1330. The molecular weight excluding hydrogens is 514 g/mol. The molecule has 2 aromatic carbocycles. The molecule has 0 spiro atoms. The molecule has 1 aliphatic heterocycles. The summed E-state index contributed by atoms with van der Waals surface area (Å²) in [7, 11) is 0. The molecule has 1 fully saturated rings. The molecule has 10 heteroatoms. The van der Waals surface area contributed by atoms with Crippen LogP contribution in [0.5, 0.6) is 0 Å². The fourth-order valence-electron chi connectivity index (χ4n) is 4.73. The maximum absolute atomic E-state index is 13.7. The number of carbonyl (C=O) groups excluding carboxylic acids is 3. The summed E-state index contributed by atoms with van der Waals surface area (Å²) in [5.74, 6) is -1.15. The molecular formula is C29H35N5O4S. The van der Waals surface area contributed by atoms with Gasteiger partial charge in [-0.2, -0.15) is 5.10 Å². The number of carbonyl (C=O) groups is 3. The lowest BCUT2D eigenvalue weighted by atomic mass is 9.97. The van der Waals surface area contributed by atoms with Crippen LogP contribution in [-0.2, 0) is 22.6 Å². The van der Waals surface area contributed by atoms with Crippen LogP contribution in [0, 0.1) is 13.8 Å². The normalized spacial score (nSPS) is 17.9. The van der Waals surface area contributed by atoms with Gasteiger partial charge in [-0.05, 0) is 56.9 Å². The number of aromatic amines is 1. The summed E-state index contributed by atoms with van der Waals surface area (Å²) in [4.78, 5) is 41.5. The first-order valence-corrected chi connectivity index (χ1v) is 13.9. The predicted octanol–water partition coefficient (Wildman–Crippen LogP) is 2.73. The van der Waals surface area contributed by atoms with Gasteiger partial charge in [-0.15, -0.1) is 11.8 Å². The van der Waals surface area contributed by atoms with Crippen LogP contribution < -0.4 is 10.6 Å². The van der Waals surface area contributed by atoms with Crippen molar-refractivity contribution < 1.29 is 19.5 Å². The minimum Gasteiger partial charge on any atom is -0.381 e. The highest BCUT2D eigenvalue weighted by Gasteiger charge is 2.49. The molecule has 0 bridgehead atoms. The SMILES string of the molecule is Cc1cc(C(=O)NC(Cc2ccccc2)C(O)C(=O)N2CSC(C)(C)C2C(=O)NCc2ccccc2C)n[nH]1. The number of hydrogen-bond acceptors (Lipinski definition) is 6. The number of aliphatic hydroxyl groups is 1. The Balaban J connectivity index is 1.53. The molecule has 9 nitrogen and oxygen atoms in total. The van der Waals surface area contributed by atoms with E-state index < -0.39 is 34.7 Å². The minimum atomic E-state index is -1.57. The van der Waals surface area contributed by atoms with Crippen LogP contribution in [0.2, 0.25) is 0 Å². The molecule has 1 saturated heterocycles. The van der Waals surface area contributed by atoms with Crippen molar-refractivity contribution in [1.82, 2.24) is 25.7 Å². The van der Waals surface area contributed by atoms with Crippen molar-refractivity contribution in [3.8, 4) is 0 Å². The van der Waals surface area contributed by atoms with Gasteiger partial charge < -0.3 is 20.6 Å². The van der Waals surface area contributed by atoms with Crippen LogP contribution >= 0.6 is 11.8 Å². The van der Waals surface area contributed by atoms with E-state index in [1.165, 1.54) is 16.7 Å². The molecule has 1 aromatic heterocycles. The second-order valence-electron chi connectivity index (χ2n) is 10.4. The maximum Gasteiger partial charge on any atom is 0.272 e. The number of rotatable bonds is 9. The van der Waals surface area contributed by atoms with Gasteiger partial charge in [-0.1, -0.05) is 54.6 Å². The standard InChI is InChI=1S/C29H35N5O4S/c1-18-10-8-9-13-21(18)16-30-27(37)25-29(3,4)39-17-34(25)28(38)24(35)22(15-20-11-6-5-7-12-20)31-26(36)23-14-19(2)32-33-23/h5-14,22,24-25,35H,15-17H2,1-4H3,(H,30,37)(H,31,36)(H,32,33). The molecule has 3 aromatic rings. The topological polar surface area (TPSA) is 127 Å². The van der Waals surface area contributed by atoms with Gasteiger partial charge in [-0.3, -0.25) is 19.5 Å². The second kappa shape index (κ2) is 12.0. The average Bonchev–Trinajstić information content (AvgIpc) is 3.49. The molecule has 4 N–H and O–H groups in total. The third kappa shape index (κ3) is 6.69. The van der Waals surface area contributed by atoms with E-state index >= 15 is 0 Å². The zero-order chi connectivity index (χ0) is 28.2. The Morgan fingerprint density at radius 1 is 1.13 bits per heavy atom. The summed E-state index contributed by atoms with van der Waals surface area (Å²) < 4.78 is -0.573. The number of thioether (sulfide) groups is 1. The van der Waals surface area contributed by atoms with Crippen molar-refractivity contribution in [1.29, 1.82) is 0 Å². The number of aliphatic hydroxyl groups excluding tert-OH is 1. The quantitative estimate of drug-likeness (QED) is 0.325. The Morgan fingerprint density at radius 2 is 1.82 bits per heavy atom. The van der Waals surface area contributed by atoms with Crippen molar-refractivity contribution >= 4 is 29.5 Å². The average molecular weight is 550 g/mol. The van der Waals surface area contributed by atoms with Crippen LogP contribution in [0.15, 0.2) is 60.7 Å². The number of hydrogen-bond donors (Lipinski definition) is 4. The molecule has 206 valence electrons. The van der Waals surface area contributed by atoms with Crippen molar-refractivity contribution in [3.63, 3.8) is 0 Å². The van der Waals surface area contributed by atoms with E-state index in [2.05, 4.69) is 20.8 Å². The third-order valence-corrected chi connectivity index (χ3v) is 8.35. The van der Waals surface area contributed by atoms with Crippen LogP contribution in [-0.4, -0.2) is 66.7 Å². The number of nitrogens with one attached hydrogen (secondary N) is 3. The lowest BCUT2D eigenvalue weighted by Crippen LogP contribution is -2.58. The Morgan fingerprint density at radius 3 is 2.49 bits per heavy atom. The smallest absolute Gasteiger partial charge is 0.272 e. The van der Waals surface area contributed by atoms with E-state index in [1.807, 2.05) is 75.4 Å². The Labute approximate surface area is 232 Å². The van der Waals surface area contributed by atoms with Gasteiger partial charge in [0.15, 0.2) is 6.10 Å². The molecule has 0 saturated carbocycles. The van der Waals surface area contributed by atoms with E-state index in [1.54, 1.807) is 13.0 Å². The van der Waals surface area contributed by atoms with Gasteiger partial charge in [0, 0.05) is 17.0 Å². The number of amides is 3. The second-order valence-corrected chi connectivity index (χ2v) is 12.0. The van der Waals surface area contributed by atoms with Gasteiger partial charge >= 0.3 is 0 Å². The van der Waals surface area contributed by atoms with Crippen molar-refractivity contribution in [3.05, 3.63) is 88.7 Å². The van der Waals surface area contributed by atoms with Gasteiger partial charge in [-0.25, -0.2) is 0 Å². The molecule has 4 rings (SSSR count). The van der Waals surface area contributed by atoms with E-state index in [0.29, 0.717) is 12.2 Å². The van der Waals surface area contributed by atoms with E-state index in [-0.39, 0.29) is 23.9 Å². The summed E-state index contributed by atoms with van der Waals surface area (Å²) in [6, 6.07) is 17.0. The summed E-state index contributed by atoms with van der Waals surface area (Å²) in [6.45, 7) is 7.93. The van der Waals surface area contributed by atoms with E-state index in [0.717, 1.165) is 16.7 Å². The van der Waals surface area contributed by atoms with Crippen LogP contribution in [0.3, 0.4) is 0 Å². The largest absolute Gasteiger partial charge is 0.381 e. The van der Waals surface area contributed by atoms with Crippen LogP contribution in [0.1, 0.15) is 46.7 Å². The highest BCUT2D eigenvalue weighted by Crippen LogP contribution is 2.40. The molecule has 0 aliphatic carbocycles.